The number of likely N-dealkylation sites (tertiary alicyclic amines) is 1. The SMILES string of the molecule is CN1CCC(S(=O)(=O)N(C)CC(C)(C)CN)C1. The van der Waals surface area contributed by atoms with Crippen molar-refractivity contribution in [1.29, 1.82) is 0 Å². The van der Waals surface area contributed by atoms with Crippen molar-refractivity contribution in [2.45, 2.75) is 25.5 Å². The molecule has 1 aliphatic rings. The summed E-state index contributed by atoms with van der Waals surface area (Å²) < 4.78 is 26.1. The first-order chi connectivity index (χ1) is 7.69. The Morgan fingerprint density at radius 1 is 1.47 bits per heavy atom. The van der Waals surface area contributed by atoms with Crippen molar-refractivity contribution in [2.24, 2.45) is 11.1 Å². The molecule has 1 aliphatic heterocycles. The van der Waals surface area contributed by atoms with Gasteiger partial charge in [-0.25, -0.2) is 12.7 Å². The molecule has 1 rings (SSSR count). The average Bonchev–Trinajstić information content (AvgIpc) is 2.64. The fraction of sp³-hybridized carbons (Fsp3) is 1.00. The third-order valence-corrected chi connectivity index (χ3v) is 5.63. The lowest BCUT2D eigenvalue weighted by atomic mass is 9.94. The van der Waals surface area contributed by atoms with Crippen molar-refractivity contribution >= 4 is 10.0 Å². The van der Waals surface area contributed by atoms with Crippen molar-refractivity contribution in [1.82, 2.24) is 9.21 Å². The van der Waals surface area contributed by atoms with Crippen LogP contribution in [0.3, 0.4) is 0 Å². The molecule has 1 heterocycles. The monoisotopic (exact) mass is 263 g/mol. The normalized spacial score (nSPS) is 23.5. The van der Waals surface area contributed by atoms with Crippen LogP contribution in [0.4, 0.5) is 0 Å². The molecular weight excluding hydrogens is 238 g/mol. The number of sulfonamides is 1. The maximum absolute atomic E-state index is 12.3. The molecule has 1 saturated heterocycles. The predicted molar refractivity (Wildman–Crippen MR) is 70.3 cm³/mol. The molecule has 0 saturated carbocycles. The highest BCUT2D eigenvalue weighted by Crippen LogP contribution is 2.22. The van der Waals surface area contributed by atoms with E-state index in [1.54, 1.807) is 7.05 Å². The van der Waals surface area contributed by atoms with Crippen LogP contribution in [0.5, 0.6) is 0 Å². The van der Waals surface area contributed by atoms with E-state index in [4.69, 9.17) is 5.73 Å². The van der Waals surface area contributed by atoms with Crippen molar-refractivity contribution in [3.63, 3.8) is 0 Å². The summed E-state index contributed by atoms with van der Waals surface area (Å²) in [5.74, 6) is 0. The summed E-state index contributed by atoms with van der Waals surface area (Å²) in [4.78, 5) is 2.06. The molecule has 1 unspecified atom stereocenters. The lowest BCUT2D eigenvalue weighted by molar-refractivity contribution is 0.289. The molecule has 102 valence electrons. The van der Waals surface area contributed by atoms with Crippen LogP contribution in [0.15, 0.2) is 0 Å². The third kappa shape index (κ3) is 3.64. The van der Waals surface area contributed by atoms with Crippen LogP contribution in [-0.2, 0) is 10.0 Å². The zero-order chi connectivity index (χ0) is 13.3. The van der Waals surface area contributed by atoms with Crippen LogP contribution in [0, 0.1) is 5.41 Å². The van der Waals surface area contributed by atoms with Crippen molar-refractivity contribution in [3.05, 3.63) is 0 Å². The number of nitrogens with two attached hydrogens (primary N) is 1. The first-order valence-corrected chi connectivity index (χ1v) is 7.53. The fourth-order valence-corrected chi connectivity index (χ4v) is 4.03. The molecule has 0 bridgehead atoms. The molecule has 0 amide bonds. The van der Waals surface area contributed by atoms with Gasteiger partial charge in [0.25, 0.3) is 0 Å². The number of hydrogen-bond donors (Lipinski definition) is 1. The van der Waals surface area contributed by atoms with Gasteiger partial charge in [-0.3, -0.25) is 0 Å². The van der Waals surface area contributed by atoms with Gasteiger partial charge in [-0.15, -0.1) is 0 Å². The van der Waals surface area contributed by atoms with Gasteiger partial charge >= 0.3 is 0 Å². The molecule has 5 nitrogen and oxygen atoms in total. The summed E-state index contributed by atoms with van der Waals surface area (Å²) >= 11 is 0. The van der Waals surface area contributed by atoms with Crippen molar-refractivity contribution in [3.8, 4) is 0 Å². The molecule has 2 N–H and O–H groups in total. The standard InChI is InChI=1S/C11H25N3O2S/c1-11(2,8-12)9-14(4)17(15,16)10-5-6-13(3)7-10/h10H,5-9,12H2,1-4H3. The minimum absolute atomic E-state index is 0.174. The Kier molecular flexibility index (Phi) is 4.57. The Labute approximate surface area is 105 Å². The zero-order valence-electron chi connectivity index (χ0n) is 11.3. The molecule has 0 radical (unpaired) electrons. The topological polar surface area (TPSA) is 66.6 Å². The molecule has 6 heteroatoms. The van der Waals surface area contributed by atoms with E-state index in [0.29, 0.717) is 19.6 Å². The van der Waals surface area contributed by atoms with E-state index in [0.717, 1.165) is 13.0 Å². The molecule has 17 heavy (non-hydrogen) atoms. The highest BCUT2D eigenvalue weighted by Gasteiger charge is 2.36. The summed E-state index contributed by atoms with van der Waals surface area (Å²) in [5.41, 5.74) is 5.47. The Balaban J connectivity index is 2.70. The average molecular weight is 263 g/mol. The third-order valence-electron chi connectivity index (χ3n) is 3.41. The van der Waals surface area contributed by atoms with Crippen LogP contribution >= 0.6 is 0 Å². The van der Waals surface area contributed by atoms with E-state index in [9.17, 15) is 8.42 Å². The van der Waals surface area contributed by atoms with Gasteiger partial charge in [0.05, 0.1) is 5.25 Å². The van der Waals surface area contributed by atoms with E-state index >= 15 is 0 Å². The lowest BCUT2D eigenvalue weighted by Crippen LogP contribution is -2.44. The highest BCUT2D eigenvalue weighted by atomic mass is 32.2. The Hall–Kier alpha value is -0.170. The van der Waals surface area contributed by atoms with Gasteiger partial charge < -0.3 is 10.6 Å². The second kappa shape index (κ2) is 5.22. The summed E-state index contributed by atoms with van der Waals surface area (Å²) in [6.45, 7) is 6.43. The molecule has 0 spiro atoms. The van der Waals surface area contributed by atoms with Crippen LogP contribution in [0.2, 0.25) is 0 Å². The molecule has 0 aromatic rings. The molecule has 1 fully saturated rings. The van der Waals surface area contributed by atoms with Gasteiger partial charge in [-0.1, -0.05) is 13.8 Å². The van der Waals surface area contributed by atoms with Crippen LogP contribution in [0.25, 0.3) is 0 Å². The van der Waals surface area contributed by atoms with E-state index in [-0.39, 0.29) is 10.7 Å². The van der Waals surface area contributed by atoms with Crippen LogP contribution < -0.4 is 5.73 Å². The Morgan fingerprint density at radius 2 is 2.06 bits per heavy atom. The van der Waals surface area contributed by atoms with Gasteiger partial charge in [-0.05, 0) is 32.0 Å². The second-order valence-electron chi connectivity index (χ2n) is 5.84. The molecular formula is C11H25N3O2S. The van der Waals surface area contributed by atoms with Gasteiger partial charge in [0.1, 0.15) is 0 Å². The fourth-order valence-electron chi connectivity index (χ4n) is 2.15. The first-order valence-electron chi connectivity index (χ1n) is 6.03. The van der Waals surface area contributed by atoms with Gasteiger partial charge in [0, 0.05) is 20.1 Å². The Morgan fingerprint density at radius 3 is 2.47 bits per heavy atom. The quantitative estimate of drug-likeness (QED) is 0.754. The second-order valence-corrected chi connectivity index (χ2v) is 8.16. The maximum Gasteiger partial charge on any atom is 0.218 e. The first kappa shape index (κ1) is 14.9. The molecule has 0 aliphatic carbocycles. The number of hydrogen-bond acceptors (Lipinski definition) is 4. The maximum atomic E-state index is 12.3. The van der Waals surface area contributed by atoms with E-state index < -0.39 is 10.0 Å². The zero-order valence-corrected chi connectivity index (χ0v) is 12.1. The van der Waals surface area contributed by atoms with Gasteiger partial charge in [0.2, 0.25) is 10.0 Å². The molecule has 1 atom stereocenters. The largest absolute Gasteiger partial charge is 0.330 e. The minimum atomic E-state index is -3.18. The summed E-state index contributed by atoms with van der Waals surface area (Å²) in [5, 5.41) is -0.258. The Bertz CT molecular complexity index is 354. The summed E-state index contributed by atoms with van der Waals surface area (Å²) in [6, 6.07) is 0. The summed E-state index contributed by atoms with van der Waals surface area (Å²) in [6.07, 6.45) is 0.728. The number of rotatable bonds is 5. The summed E-state index contributed by atoms with van der Waals surface area (Å²) in [7, 11) is 0.437. The van der Waals surface area contributed by atoms with Crippen molar-refractivity contribution < 1.29 is 8.42 Å². The highest BCUT2D eigenvalue weighted by molar-refractivity contribution is 7.89. The van der Waals surface area contributed by atoms with Gasteiger partial charge in [-0.2, -0.15) is 0 Å². The van der Waals surface area contributed by atoms with Gasteiger partial charge in [0.15, 0.2) is 0 Å². The van der Waals surface area contributed by atoms with Crippen LogP contribution in [-0.4, -0.2) is 63.1 Å². The number of nitrogens with zero attached hydrogens (tertiary/aromatic N) is 2. The van der Waals surface area contributed by atoms with Crippen LogP contribution in [0.1, 0.15) is 20.3 Å². The molecule has 0 aromatic carbocycles. The molecule has 0 aromatic heterocycles. The van der Waals surface area contributed by atoms with E-state index in [2.05, 4.69) is 4.90 Å². The van der Waals surface area contributed by atoms with E-state index in [1.807, 2.05) is 20.9 Å². The predicted octanol–water partition coefficient (Wildman–Crippen LogP) is -0.0630. The minimum Gasteiger partial charge on any atom is -0.330 e. The van der Waals surface area contributed by atoms with Crippen molar-refractivity contribution in [2.75, 3.05) is 40.3 Å². The van der Waals surface area contributed by atoms with E-state index in [1.165, 1.54) is 4.31 Å². The lowest BCUT2D eigenvalue weighted by Gasteiger charge is -2.30. The smallest absolute Gasteiger partial charge is 0.218 e.